The molecule has 0 amide bonds. The molecule has 2 heterocycles. The minimum absolute atomic E-state index is 0.0391. The summed E-state index contributed by atoms with van der Waals surface area (Å²) in [6.07, 6.45) is -6.52. The lowest BCUT2D eigenvalue weighted by molar-refractivity contribution is -0.0923. The van der Waals surface area contributed by atoms with Crippen LogP contribution in [0.25, 0.3) is 0 Å². The minimum Gasteiger partial charge on any atom is -0.387 e. The van der Waals surface area contributed by atoms with Crippen molar-refractivity contribution in [3.8, 4) is 0 Å². The highest BCUT2D eigenvalue weighted by molar-refractivity contribution is 7.86. The van der Waals surface area contributed by atoms with Crippen LogP contribution in [0.5, 0.6) is 0 Å². The number of aliphatic hydroxyl groups is 2. The molecule has 6 atom stereocenters. The molecule has 24 heteroatoms. The number of hydrogen-bond donors (Lipinski definition) is 8. The summed E-state index contributed by atoms with van der Waals surface area (Å²) in [5, 5.41) is 16.9. The topological polar surface area (TPSA) is 325 Å². The molecular formula is C9H16N3O17P3S. The number of nitrogens with two attached hydrogens (primary N) is 1. The molecule has 1 fully saturated rings. The first-order chi connectivity index (χ1) is 14.7. The largest absolute Gasteiger partial charge is 0.490 e. The second kappa shape index (κ2) is 9.15. The number of ether oxygens (including phenoxy) is 1. The molecule has 1 saturated heterocycles. The first kappa shape index (κ1) is 28.1. The number of nitrogen functional groups attached to an aromatic ring is 1. The lowest BCUT2D eigenvalue weighted by atomic mass is 10.1. The Bertz CT molecular complexity index is 1210. The maximum atomic E-state index is 12.1. The monoisotopic (exact) mass is 563 g/mol. The fourth-order valence-electron chi connectivity index (χ4n) is 2.57. The van der Waals surface area contributed by atoms with Crippen molar-refractivity contribution in [3.63, 3.8) is 0 Å². The van der Waals surface area contributed by atoms with E-state index in [0.717, 1.165) is 6.07 Å². The van der Waals surface area contributed by atoms with Crippen LogP contribution in [0.3, 0.4) is 0 Å². The Morgan fingerprint density at radius 1 is 1.15 bits per heavy atom. The summed E-state index contributed by atoms with van der Waals surface area (Å²) >= 11 is 0. The number of rotatable bonds is 9. The van der Waals surface area contributed by atoms with E-state index in [4.69, 9.17) is 25.2 Å². The third kappa shape index (κ3) is 6.31. The van der Waals surface area contributed by atoms with Crippen molar-refractivity contribution in [2.45, 2.75) is 23.4 Å². The summed E-state index contributed by atoms with van der Waals surface area (Å²) in [5.41, 5.74) is 3.79. The van der Waals surface area contributed by atoms with Gasteiger partial charge in [-0.3, -0.25) is 13.6 Å². The van der Waals surface area contributed by atoms with Gasteiger partial charge in [-0.25, -0.2) is 18.5 Å². The van der Waals surface area contributed by atoms with Crippen LogP contribution in [0.1, 0.15) is 0 Å². The number of phosphoric ester groups is 1. The summed E-state index contributed by atoms with van der Waals surface area (Å²) in [7, 11) is -22.9. The fourth-order valence-corrected chi connectivity index (χ4v) is 6.68. The first-order valence-corrected chi connectivity index (χ1v) is 13.8. The smallest absolute Gasteiger partial charge is 0.387 e. The Morgan fingerprint density at radius 2 is 1.73 bits per heavy atom. The van der Waals surface area contributed by atoms with Gasteiger partial charge in [-0.2, -0.15) is 22.0 Å². The van der Waals surface area contributed by atoms with Crippen LogP contribution < -0.4 is 11.4 Å². The maximum absolute atomic E-state index is 12.1. The molecule has 0 spiro atoms. The molecule has 190 valence electrons. The number of hydrogen-bond acceptors (Lipinski definition) is 14. The Hall–Kier alpha value is -1.12. The standard InChI is InChI=1S/C9H16N3O17P3S/c10-5-1-2-12(8(15)11-5)9(33(23,24)25)7(14)6(13)4(27-9)3-26-31(19,20)29-32(21,22)28-30(16,17)18/h1-2,4,6-7,13-14H,3H2,(H,19,20)(H,21,22)(H2,10,11,15)(H2,16,17,18)(H,23,24,25)/t4-,6-,7-,9+/m1/s1. The van der Waals surface area contributed by atoms with E-state index < -0.39 is 75.1 Å². The van der Waals surface area contributed by atoms with Crippen LogP contribution >= 0.6 is 23.5 Å². The zero-order valence-corrected chi connectivity index (χ0v) is 19.0. The van der Waals surface area contributed by atoms with Crippen LogP contribution in [0.4, 0.5) is 5.82 Å². The highest BCUT2D eigenvalue weighted by Gasteiger charge is 2.64. The molecule has 2 rings (SSSR count). The Balaban J connectivity index is 2.32. The van der Waals surface area contributed by atoms with Gasteiger partial charge >= 0.3 is 44.3 Å². The van der Waals surface area contributed by atoms with Gasteiger partial charge in [0.05, 0.1) is 6.61 Å². The van der Waals surface area contributed by atoms with E-state index in [1.54, 1.807) is 0 Å². The van der Waals surface area contributed by atoms with E-state index in [0.29, 0.717) is 6.20 Å². The highest BCUT2D eigenvalue weighted by Crippen LogP contribution is 2.66. The number of aromatic nitrogens is 2. The van der Waals surface area contributed by atoms with Crippen LogP contribution in [0.15, 0.2) is 17.1 Å². The zero-order chi connectivity index (χ0) is 25.6. The lowest BCUT2D eigenvalue weighted by Crippen LogP contribution is -2.55. The summed E-state index contributed by atoms with van der Waals surface area (Å²) in [6, 6.07) is 0.857. The number of phosphoric acid groups is 3. The molecule has 1 aromatic rings. The molecule has 2 unspecified atom stereocenters. The first-order valence-electron chi connectivity index (χ1n) is 7.86. The van der Waals surface area contributed by atoms with Crippen molar-refractivity contribution in [3.05, 3.63) is 22.7 Å². The fraction of sp³-hybridized carbons (Fsp3) is 0.556. The molecule has 0 saturated carbocycles. The lowest BCUT2D eigenvalue weighted by Gasteiger charge is -2.30. The Labute approximate surface area is 182 Å². The average molecular weight is 563 g/mol. The van der Waals surface area contributed by atoms with Crippen molar-refractivity contribution in [2.24, 2.45) is 0 Å². The highest BCUT2D eigenvalue weighted by atomic mass is 32.2. The van der Waals surface area contributed by atoms with Crippen LogP contribution in [-0.4, -0.2) is 77.2 Å². The summed E-state index contributed by atoms with van der Waals surface area (Å²) in [6.45, 7) is -1.42. The second-order valence-corrected chi connectivity index (χ2v) is 12.0. The molecule has 0 radical (unpaired) electrons. The van der Waals surface area contributed by atoms with Crippen molar-refractivity contribution in [1.29, 1.82) is 0 Å². The van der Waals surface area contributed by atoms with E-state index in [9.17, 15) is 46.6 Å². The molecule has 20 nitrogen and oxygen atoms in total. The molecule has 9 N–H and O–H groups in total. The molecule has 0 aromatic carbocycles. The van der Waals surface area contributed by atoms with Crippen LogP contribution in [0, 0.1) is 0 Å². The predicted molar refractivity (Wildman–Crippen MR) is 99.1 cm³/mol. The minimum atomic E-state index is -5.89. The van der Waals surface area contributed by atoms with Gasteiger partial charge in [-0.1, -0.05) is 0 Å². The van der Waals surface area contributed by atoms with E-state index in [1.807, 2.05) is 0 Å². The predicted octanol–water partition coefficient (Wildman–Crippen LogP) is -3.21. The Morgan fingerprint density at radius 3 is 2.21 bits per heavy atom. The molecule has 1 aliphatic rings. The normalized spacial score (nSPS) is 30.0. The number of nitrogens with zero attached hydrogens (tertiary/aromatic N) is 2. The summed E-state index contributed by atoms with van der Waals surface area (Å²) in [4.78, 5) is 50.7. The van der Waals surface area contributed by atoms with Gasteiger partial charge in [0.1, 0.15) is 24.1 Å². The number of aliphatic hydroxyl groups excluding tert-OH is 2. The SMILES string of the molecule is Nc1ccn([C@]2(S(=O)(=O)O)O[C@H](COP(=O)(O)OP(=O)(O)OP(=O)(O)O)[C@@H](O)[C@H]2O)c(=O)n1. The van der Waals surface area contributed by atoms with Gasteiger partial charge in [-0.05, 0) is 6.07 Å². The van der Waals surface area contributed by atoms with E-state index >= 15 is 0 Å². The molecular weight excluding hydrogens is 547 g/mol. The van der Waals surface area contributed by atoms with Gasteiger partial charge in [0, 0.05) is 6.20 Å². The molecule has 33 heavy (non-hydrogen) atoms. The summed E-state index contributed by atoms with van der Waals surface area (Å²) in [5.74, 6) is -0.404. The summed E-state index contributed by atoms with van der Waals surface area (Å²) < 4.78 is 83.4. The van der Waals surface area contributed by atoms with Crippen LogP contribution in [0.2, 0.25) is 0 Å². The number of anilines is 1. The Kier molecular flexibility index (Phi) is 7.80. The van der Waals surface area contributed by atoms with Crippen molar-refractivity contribution in [1.82, 2.24) is 9.55 Å². The van der Waals surface area contributed by atoms with Crippen molar-refractivity contribution < 1.29 is 74.3 Å². The van der Waals surface area contributed by atoms with E-state index in [2.05, 4.69) is 18.1 Å². The van der Waals surface area contributed by atoms with Crippen molar-refractivity contribution in [2.75, 3.05) is 12.3 Å². The molecule has 1 aromatic heterocycles. The van der Waals surface area contributed by atoms with Gasteiger partial charge in [0.2, 0.25) is 0 Å². The van der Waals surface area contributed by atoms with Gasteiger partial charge in [0.25, 0.3) is 0 Å². The van der Waals surface area contributed by atoms with Gasteiger partial charge < -0.3 is 40.3 Å². The van der Waals surface area contributed by atoms with Crippen LogP contribution in [-0.2, 0) is 46.8 Å². The molecule has 0 aliphatic carbocycles. The third-order valence-electron chi connectivity index (χ3n) is 3.75. The van der Waals surface area contributed by atoms with Gasteiger partial charge in [0.15, 0.2) is 0 Å². The third-order valence-corrected chi connectivity index (χ3v) is 8.82. The van der Waals surface area contributed by atoms with Gasteiger partial charge in [-0.15, -0.1) is 0 Å². The quantitative estimate of drug-likeness (QED) is 0.108. The maximum Gasteiger partial charge on any atom is 0.490 e. The van der Waals surface area contributed by atoms with E-state index in [-0.39, 0.29) is 4.57 Å². The molecule has 0 bridgehead atoms. The second-order valence-electron chi connectivity index (χ2n) is 6.09. The zero-order valence-electron chi connectivity index (χ0n) is 15.5. The van der Waals surface area contributed by atoms with Crippen molar-refractivity contribution >= 4 is 39.4 Å². The molecule has 1 aliphatic heterocycles. The average Bonchev–Trinajstić information content (AvgIpc) is 2.82. The van der Waals surface area contributed by atoms with E-state index in [1.165, 1.54) is 0 Å².